The van der Waals surface area contributed by atoms with Crippen LogP contribution in [0.1, 0.15) is 43.0 Å². The van der Waals surface area contributed by atoms with Crippen LogP contribution in [0.2, 0.25) is 5.02 Å². The van der Waals surface area contributed by atoms with Crippen LogP contribution in [0, 0.1) is 5.92 Å². The summed E-state index contributed by atoms with van der Waals surface area (Å²) in [5, 5.41) is 3.56. The van der Waals surface area contributed by atoms with Crippen molar-refractivity contribution in [1.29, 1.82) is 0 Å². The van der Waals surface area contributed by atoms with E-state index in [9.17, 15) is 19.2 Å². The number of carbonyl (C=O) groups excluding carboxylic acids is 4. The number of urea groups is 1. The number of esters is 1. The molecule has 2 aliphatic rings. The number of hydrazine groups is 1. The third-order valence-corrected chi connectivity index (χ3v) is 5.28. The molecular weight excluding hydrogens is 374 g/mol. The van der Waals surface area contributed by atoms with Crippen molar-refractivity contribution in [3.05, 3.63) is 34.9 Å². The van der Waals surface area contributed by atoms with Crippen LogP contribution < -0.4 is 10.7 Å². The Hall–Kier alpha value is -2.61. The van der Waals surface area contributed by atoms with Crippen molar-refractivity contribution in [2.45, 2.75) is 38.1 Å². The largest absolute Gasteiger partial charge is 0.452 e. The maximum absolute atomic E-state index is 12.6. The van der Waals surface area contributed by atoms with E-state index >= 15 is 0 Å². The zero-order valence-corrected chi connectivity index (χ0v) is 15.5. The highest BCUT2D eigenvalue weighted by atomic mass is 35.5. The molecule has 0 atom stereocenters. The van der Waals surface area contributed by atoms with E-state index in [-0.39, 0.29) is 10.6 Å². The lowest BCUT2D eigenvalue weighted by Crippen LogP contribution is -2.52. The molecule has 144 valence electrons. The van der Waals surface area contributed by atoms with E-state index in [4.69, 9.17) is 16.3 Å². The van der Waals surface area contributed by atoms with Crippen molar-refractivity contribution in [1.82, 2.24) is 15.8 Å². The van der Waals surface area contributed by atoms with Crippen molar-refractivity contribution in [2.75, 3.05) is 6.61 Å². The Labute approximate surface area is 161 Å². The SMILES string of the molecule is CC1CCC2(CC1)NC(=O)N(NC(=O)COC(=O)c1ccccc1Cl)C2=O. The lowest BCUT2D eigenvalue weighted by atomic mass is 9.77. The van der Waals surface area contributed by atoms with E-state index in [1.54, 1.807) is 12.1 Å². The molecule has 1 saturated carbocycles. The van der Waals surface area contributed by atoms with Crippen molar-refractivity contribution in [3.8, 4) is 0 Å². The van der Waals surface area contributed by atoms with E-state index < -0.39 is 36.0 Å². The summed E-state index contributed by atoms with van der Waals surface area (Å²) >= 11 is 5.90. The fraction of sp³-hybridized carbons (Fsp3) is 0.444. The monoisotopic (exact) mass is 393 g/mol. The summed E-state index contributed by atoms with van der Waals surface area (Å²) in [6.07, 6.45) is 2.71. The Kier molecular flexibility index (Phi) is 5.36. The van der Waals surface area contributed by atoms with Gasteiger partial charge in [0.1, 0.15) is 5.54 Å². The van der Waals surface area contributed by atoms with Gasteiger partial charge in [0.15, 0.2) is 6.61 Å². The van der Waals surface area contributed by atoms with E-state index in [0.717, 1.165) is 12.8 Å². The molecule has 1 aromatic carbocycles. The zero-order chi connectivity index (χ0) is 19.6. The van der Waals surface area contributed by atoms with Gasteiger partial charge in [-0.1, -0.05) is 30.7 Å². The number of imide groups is 1. The van der Waals surface area contributed by atoms with Gasteiger partial charge in [-0.3, -0.25) is 15.0 Å². The van der Waals surface area contributed by atoms with Gasteiger partial charge in [0, 0.05) is 0 Å². The van der Waals surface area contributed by atoms with Gasteiger partial charge in [0.25, 0.3) is 11.8 Å². The lowest BCUT2D eigenvalue weighted by molar-refractivity contribution is -0.141. The van der Waals surface area contributed by atoms with E-state index in [0.29, 0.717) is 23.8 Å². The van der Waals surface area contributed by atoms with Gasteiger partial charge in [-0.15, -0.1) is 0 Å². The number of benzene rings is 1. The molecule has 27 heavy (non-hydrogen) atoms. The van der Waals surface area contributed by atoms with Gasteiger partial charge < -0.3 is 10.1 Å². The first-order valence-electron chi connectivity index (χ1n) is 8.70. The first kappa shape index (κ1) is 19.2. The maximum atomic E-state index is 12.6. The number of ether oxygens (including phenoxy) is 1. The van der Waals surface area contributed by atoms with Gasteiger partial charge in [-0.25, -0.2) is 9.59 Å². The molecule has 4 amide bonds. The third kappa shape index (κ3) is 3.90. The lowest BCUT2D eigenvalue weighted by Gasteiger charge is -2.33. The normalized spacial score (nSPS) is 24.7. The highest BCUT2D eigenvalue weighted by molar-refractivity contribution is 6.33. The molecule has 0 radical (unpaired) electrons. The summed E-state index contributed by atoms with van der Waals surface area (Å²) in [5.74, 6) is -1.55. The zero-order valence-electron chi connectivity index (χ0n) is 14.8. The number of nitrogens with zero attached hydrogens (tertiary/aromatic N) is 1. The Morgan fingerprint density at radius 1 is 1.30 bits per heavy atom. The minimum atomic E-state index is -0.953. The number of hydrogen-bond donors (Lipinski definition) is 2. The van der Waals surface area contributed by atoms with Crippen molar-refractivity contribution in [3.63, 3.8) is 0 Å². The molecule has 2 N–H and O–H groups in total. The van der Waals surface area contributed by atoms with Gasteiger partial charge >= 0.3 is 12.0 Å². The predicted octanol–water partition coefficient (Wildman–Crippen LogP) is 2.03. The summed E-state index contributed by atoms with van der Waals surface area (Å²) in [6.45, 7) is 1.45. The maximum Gasteiger partial charge on any atom is 0.344 e. The Morgan fingerprint density at radius 2 is 1.96 bits per heavy atom. The quantitative estimate of drug-likeness (QED) is 0.601. The molecule has 1 aliphatic heterocycles. The van der Waals surface area contributed by atoms with Crippen LogP contribution in [0.25, 0.3) is 0 Å². The average molecular weight is 394 g/mol. The number of carbonyl (C=O) groups is 4. The number of nitrogens with one attached hydrogen (secondary N) is 2. The fourth-order valence-electron chi connectivity index (χ4n) is 3.31. The molecule has 0 bridgehead atoms. The van der Waals surface area contributed by atoms with Crippen LogP contribution in [0.4, 0.5) is 4.79 Å². The Bertz CT molecular complexity index is 789. The first-order valence-corrected chi connectivity index (χ1v) is 9.08. The van der Waals surface area contributed by atoms with E-state index in [2.05, 4.69) is 17.7 Å². The second kappa shape index (κ2) is 7.56. The van der Waals surface area contributed by atoms with Crippen LogP contribution in [0.5, 0.6) is 0 Å². The van der Waals surface area contributed by atoms with Crippen molar-refractivity contribution < 1.29 is 23.9 Å². The minimum absolute atomic E-state index is 0.122. The van der Waals surface area contributed by atoms with Crippen LogP contribution >= 0.6 is 11.6 Å². The Balaban J connectivity index is 1.56. The molecule has 1 aliphatic carbocycles. The minimum Gasteiger partial charge on any atom is -0.452 e. The molecule has 1 aromatic rings. The molecule has 2 fully saturated rings. The molecule has 0 unspecified atom stereocenters. The molecule has 1 spiro atoms. The second-order valence-corrected chi connectivity index (χ2v) is 7.33. The topological polar surface area (TPSA) is 105 Å². The molecule has 0 aromatic heterocycles. The third-order valence-electron chi connectivity index (χ3n) is 4.95. The Morgan fingerprint density at radius 3 is 2.63 bits per heavy atom. The molecule has 1 saturated heterocycles. The first-order chi connectivity index (χ1) is 12.8. The molecule has 1 heterocycles. The van der Waals surface area contributed by atoms with Gasteiger partial charge in [-0.05, 0) is 43.7 Å². The second-order valence-electron chi connectivity index (χ2n) is 6.93. The number of halogens is 1. The molecular formula is C18H20ClN3O5. The summed E-state index contributed by atoms with van der Waals surface area (Å²) in [4.78, 5) is 48.8. The summed E-state index contributed by atoms with van der Waals surface area (Å²) in [7, 11) is 0. The van der Waals surface area contributed by atoms with Crippen LogP contribution in [-0.2, 0) is 14.3 Å². The predicted molar refractivity (Wildman–Crippen MR) is 95.6 cm³/mol. The molecule has 9 heteroatoms. The standard InChI is InChI=1S/C18H20ClN3O5/c1-11-6-8-18(9-7-11)16(25)22(17(26)20-18)21-14(23)10-27-15(24)12-4-2-3-5-13(12)19/h2-5,11H,6-10H2,1H3,(H,20,26)(H,21,23). The summed E-state index contributed by atoms with van der Waals surface area (Å²) in [5.41, 5.74) is 1.37. The van der Waals surface area contributed by atoms with Crippen LogP contribution in [0.3, 0.4) is 0 Å². The van der Waals surface area contributed by atoms with Crippen molar-refractivity contribution >= 4 is 35.4 Å². The number of rotatable bonds is 4. The van der Waals surface area contributed by atoms with Gasteiger partial charge in [0.05, 0.1) is 10.6 Å². The number of hydrogen-bond acceptors (Lipinski definition) is 5. The summed E-state index contributed by atoms with van der Waals surface area (Å²) < 4.78 is 4.90. The highest BCUT2D eigenvalue weighted by Crippen LogP contribution is 2.35. The average Bonchev–Trinajstić information content (AvgIpc) is 2.87. The van der Waals surface area contributed by atoms with Gasteiger partial charge in [-0.2, -0.15) is 5.01 Å². The molecule has 3 rings (SSSR count). The van der Waals surface area contributed by atoms with E-state index in [1.165, 1.54) is 12.1 Å². The van der Waals surface area contributed by atoms with Crippen molar-refractivity contribution in [2.24, 2.45) is 5.92 Å². The number of amides is 4. The van der Waals surface area contributed by atoms with E-state index in [1.807, 2.05) is 0 Å². The summed E-state index contributed by atoms with van der Waals surface area (Å²) in [6, 6.07) is 5.58. The highest BCUT2D eigenvalue weighted by Gasteiger charge is 2.52. The van der Waals surface area contributed by atoms with Crippen LogP contribution in [0.15, 0.2) is 24.3 Å². The van der Waals surface area contributed by atoms with Crippen LogP contribution in [-0.4, -0.2) is 41.0 Å². The fourth-order valence-corrected chi connectivity index (χ4v) is 3.52. The smallest absolute Gasteiger partial charge is 0.344 e. The van der Waals surface area contributed by atoms with Gasteiger partial charge in [0.2, 0.25) is 0 Å². The molecule has 8 nitrogen and oxygen atoms in total.